The molecule has 1 unspecified atom stereocenters. The van der Waals surface area contributed by atoms with E-state index in [1.54, 1.807) is 13.2 Å². The van der Waals surface area contributed by atoms with Crippen molar-refractivity contribution < 1.29 is 14.6 Å². The van der Waals surface area contributed by atoms with Crippen LogP contribution in [0.4, 0.5) is 0 Å². The molecule has 104 valence electrons. The third-order valence-electron chi connectivity index (χ3n) is 2.94. The molecule has 0 aliphatic carbocycles. The van der Waals surface area contributed by atoms with E-state index < -0.39 is 5.97 Å². The van der Waals surface area contributed by atoms with Crippen LogP contribution in [0.2, 0.25) is 0 Å². The first-order valence-corrected chi connectivity index (χ1v) is 6.43. The lowest BCUT2D eigenvalue weighted by molar-refractivity contribution is -0.131. The Morgan fingerprint density at radius 3 is 2.84 bits per heavy atom. The second-order valence-corrected chi connectivity index (χ2v) is 4.42. The summed E-state index contributed by atoms with van der Waals surface area (Å²) in [7, 11) is 1.61. The van der Waals surface area contributed by atoms with Gasteiger partial charge in [-0.1, -0.05) is 25.8 Å². The van der Waals surface area contributed by atoms with Crippen LogP contribution in [0, 0.1) is 0 Å². The summed E-state index contributed by atoms with van der Waals surface area (Å²) >= 11 is 0. The van der Waals surface area contributed by atoms with Crippen molar-refractivity contribution in [3.63, 3.8) is 0 Å². The maximum absolute atomic E-state index is 10.5. The number of methoxy groups -OCH3 is 1. The Morgan fingerprint density at radius 2 is 2.26 bits per heavy atom. The zero-order chi connectivity index (χ0) is 14.3. The number of benzene rings is 1. The van der Waals surface area contributed by atoms with Crippen molar-refractivity contribution >= 4 is 12.0 Å². The number of carboxylic acid groups (broad SMARTS) is 1. The topological polar surface area (TPSA) is 72.6 Å². The molecule has 0 aromatic heterocycles. The Hall–Kier alpha value is -1.81. The van der Waals surface area contributed by atoms with Crippen LogP contribution in [0.15, 0.2) is 24.3 Å². The van der Waals surface area contributed by atoms with Crippen LogP contribution < -0.4 is 10.5 Å². The third-order valence-corrected chi connectivity index (χ3v) is 2.94. The van der Waals surface area contributed by atoms with Gasteiger partial charge < -0.3 is 15.6 Å². The Bertz CT molecular complexity index is 455. The van der Waals surface area contributed by atoms with Gasteiger partial charge in [-0.3, -0.25) is 0 Å². The lowest BCUT2D eigenvalue weighted by Gasteiger charge is -2.16. The number of aliphatic carboxylic acids is 1. The number of unbranched alkanes of at least 4 members (excludes halogenated alkanes) is 1. The zero-order valence-corrected chi connectivity index (χ0v) is 11.4. The van der Waals surface area contributed by atoms with Gasteiger partial charge >= 0.3 is 5.97 Å². The van der Waals surface area contributed by atoms with E-state index in [4.69, 9.17) is 15.6 Å². The molecule has 0 radical (unpaired) electrons. The van der Waals surface area contributed by atoms with Gasteiger partial charge in [0.2, 0.25) is 0 Å². The molecule has 1 atom stereocenters. The van der Waals surface area contributed by atoms with E-state index >= 15 is 0 Å². The first-order chi connectivity index (χ1) is 9.08. The summed E-state index contributed by atoms with van der Waals surface area (Å²) in [5.41, 5.74) is 7.89. The molecule has 4 heteroatoms. The lowest BCUT2D eigenvalue weighted by Crippen LogP contribution is -2.11. The Kier molecular flexibility index (Phi) is 6.09. The predicted molar refractivity (Wildman–Crippen MR) is 76.1 cm³/mol. The van der Waals surface area contributed by atoms with Crippen LogP contribution in [0.1, 0.15) is 43.4 Å². The van der Waals surface area contributed by atoms with Crippen molar-refractivity contribution in [3.05, 3.63) is 35.4 Å². The van der Waals surface area contributed by atoms with Crippen molar-refractivity contribution in [2.75, 3.05) is 7.11 Å². The number of carbonyl (C=O) groups is 1. The minimum Gasteiger partial charge on any atom is -0.496 e. The molecule has 19 heavy (non-hydrogen) atoms. The number of carboxylic acids is 1. The molecule has 0 fully saturated rings. The summed E-state index contributed by atoms with van der Waals surface area (Å²) in [6.45, 7) is 2.12. The van der Waals surface area contributed by atoms with Gasteiger partial charge in [-0.05, 0) is 30.2 Å². The Labute approximate surface area is 113 Å². The minimum atomic E-state index is -0.965. The first-order valence-electron chi connectivity index (χ1n) is 6.43. The average molecular weight is 263 g/mol. The van der Waals surface area contributed by atoms with Crippen molar-refractivity contribution in [1.29, 1.82) is 0 Å². The Balaban J connectivity index is 2.98. The second-order valence-electron chi connectivity index (χ2n) is 4.42. The summed E-state index contributed by atoms with van der Waals surface area (Å²) in [5, 5.41) is 8.63. The summed E-state index contributed by atoms with van der Waals surface area (Å²) in [6, 6.07) is 5.43. The SMILES string of the molecule is CCCCC(N)c1cc(/C=C/C(=O)O)ccc1OC. The molecule has 0 saturated heterocycles. The van der Waals surface area contributed by atoms with Crippen molar-refractivity contribution in [1.82, 2.24) is 0 Å². The van der Waals surface area contributed by atoms with Crippen molar-refractivity contribution in [3.8, 4) is 5.75 Å². The molecule has 0 amide bonds. The van der Waals surface area contributed by atoms with Gasteiger partial charge in [-0.25, -0.2) is 4.79 Å². The first kappa shape index (κ1) is 15.2. The van der Waals surface area contributed by atoms with E-state index in [1.807, 2.05) is 18.2 Å². The van der Waals surface area contributed by atoms with E-state index in [-0.39, 0.29) is 6.04 Å². The fourth-order valence-electron chi connectivity index (χ4n) is 1.89. The van der Waals surface area contributed by atoms with Gasteiger partial charge in [0.1, 0.15) is 5.75 Å². The smallest absolute Gasteiger partial charge is 0.328 e. The fraction of sp³-hybridized carbons (Fsp3) is 0.400. The number of rotatable bonds is 7. The number of hydrogen-bond donors (Lipinski definition) is 2. The summed E-state index contributed by atoms with van der Waals surface area (Å²) in [6.07, 6.45) is 5.70. The van der Waals surface area contributed by atoms with Crippen molar-refractivity contribution in [2.45, 2.75) is 32.2 Å². The molecular weight excluding hydrogens is 242 g/mol. The van der Waals surface area contributed by atoms with Crippen LogP contribution in [-0.4, -0.2) is 18.2 Å². The number of nitrogens with two attached hydrogens (primary N) is 1. The molecule has 1 aromatic carbocycles. The second kappa shape index (κ2) is 7.59. The highest BCUT2D eigenvalue weighted by Crippen LogP contribution is 2.28. The van der Waals surface area contributed by atoms with E-state index in [2.05, 4.69) is 6.92 Å². The maximum atomic E-state index is 10.5. The van der Waals surface area contributed by atoms with Crippen LogP contribution in [0.25, 0.3) is 6.08 Å². The van der Waals surface area contributed by atoms with Gasteiger partial charge in [0.05, 0.1) is 7.11 Å². The molecule has 1 aromatic rings. The lowest BCUT2D eigenvalue weighted by atomic mass is 9.98. The summed E-state index contributed by atoms with van der Waals surface area (Å²) in [4.78, 5) is 10.5. The molecule has 0 bridgehead atoms. The van der Waals surface area contributed by atoms with Gasteiger partial charge in [-0.2, -0.15) is 0 Å². The zero-order valence-electron chi connectivity index (χ0n) is 11.4. The number of ether oxygens (including phenoxy) is 1. The van der Waals surface area contributed by atoms with Gasteiger partial charge in [0.25, 0.3) is 0 Å². The molecular formula is C15H21NO3. The van der Waals surface area contributed by atoms with E-state index in [9.17, 15) is 4.79 Å². The molecule has 4 nitrogen and oxygen atoms in total. The quantitative estimate of drug-likeness (QED) is 0.742. The monoisotopic (exact) mass is 263 g/mol. The van der Waals surface area contributed by atoms with E-state index in [1.165, 1.54) is 0 Å². The maximum Gasteiger partial charge on any atom is 0.328 e. The van der Waals surface area contributed by atoms with E-state index in [0.717, 1.165) is 42.2 Å². The van der Waals surface area contributed by atoms with E-state index in [0.29, 0.717) is 0 Å². The third kappa shape index (κ3) is 4.75. The predicted octanol–water partition coefficient (Wildman–Crippen LogP) is 2.98. The number of hydrogen-bond acceptors (Lipinski definition) is 3. The largest absolute Gasteiger partial charge is 0.496 e. The minimum absolute atomic E-state index is 0.0897. The Morgan fingerprint density at radius 1 is 1.53 bits per heavy atom. The van der Waals surface area contributed by atoms with Crippen LogP contribution in [0.3, 0.4) is 0 Å². The van der Waals surface area contributed by atoms with Crippen LogP contribution >= 0.6 is 0 Å². The molecule has 0 spiro atoms. The molecule has 0 aliphatic rings. The summed E-state index contributed by atoms with van der Waals surface area (Å²) in [5.74, 6) is -0.219. The molecule has 0 saturated carbocycles. The fourth-order valence-corrected chi connectivity index (χ4v) is 1.89. The van der Waals surface area contributed by atoms with Crippen LogP contribution in [0.5, 0.6) is 5.75 Å². The average Bonchev–Trinajstić information content (AvgIpc) is 2.42. The van der Waals surface area contributed by atoms with Crippen molar-refractivity contribution in [2.24, 2.45) is 5.73 Å². The molecule has 3 N–H and O–H groups in total. The van der Waals surface area contributed by atoms with Gasteiger partial charge in [0, 0.05) is 17.7 Å². The molecule has 1 rings (SSSR count). The molecule has 0 heterocycles. The highest BCUT2D eigenvalue weighted by atomic mass is 16.5. The standard InChI is InChI=1S/C15H21NO3/c1-3-4-5-13(16)12-10-11(7-9-15(17)18)6-8-14(12)19-2/h6-10,13H,3-5,16H2,1-2H3,(H,17,18)/b9-7+. The highest BCUT2D eigenvalue weighted by Gasteiger charge is 2.11. The van der Waals surface area contributed by atoms with Gasteiger partial charge in [0.15, 0.2) is 0 Å². The highest BCUT2D eigenvalue weighted by molar-refractivity contribution is 5.85. The summed E-state index contributed by atoms with van der Waals surface area (Å²) < 4.78 is 5.31. The van der Waals surface area contributed by atoms with Crippen LogP contribution in [-0.2, 0) is 4.79 Å². The normalized spacial score (nSPS) is 12.6. The van der Waals surface area contributed by atoms with Gasteiger partial charge in [-0.15, -0.1) is 0 Å². The molecule has 0 aliphatic heterocycles.